The molecule has 0 saturated carbocycles. The van der Waals surface area contributed by atoms with Gasteiger partial charge < -0.3 is 20.1 Å². The molecule has 0 radical (unpaired) electrons. The van der Waals surface area contributed by atoms with E-state index < -0.39 is 35.9 Å². The quantitative estimate of drug-likeness (QED) is 0.378. The van der Waals surface area contributed by atoms with Crippen molar-refractivity contribution in [3.63, 3.8) is 0 Å². The van der Waals surface area contributed by atoms with Crippen molar-refractivity contribution in [1.82, 2.24) is 5.32 Å². The lowest BCUT2D eigenvalue weighted by atomic mass is 10.2. The van der Waals surface area contributed by atoms with Crippen molar-refractivity contribution < 1.29 is 28.8 Å². The number of nitrogens with one attached hydrogen (secondary N) is 2. The summed E-state index contributed by atoms with van der Waals surface area (Å²) in [5.41, 5.74) is 0.0365. The first kappa shape index (κ1) is 21.6. The van der Waals surface area contributed by atoms with Crippen LogP contribution in [0.5, 0.6) is 5.75 Å². The molecule has 2 amide bonds. The fourth-order valence-corrected chi connectivity index (χ4v) is 2.33. The van der Waals surface area contributed by atoms with Crippen molar-refractivity contribution >= 4 is 40.8 Å². The summed E-state index contributed by atoms with van der Waals surface area (Å²) in [6.45, 7) is -1.08. The van der Waals surface area contributed by atoms with Gasteiger partial charge in [0.05, 0.1) is 12.0 Å². The minimum atomic E-state index is -0.835. The van der Waals surface area contributed by atoms with Crippen LogP contribution in [0.3, 0.4) is 0 Å². The second kappa shape index (κ2) is 10.0. The van der Waals surface area contributed by atoms with Gasteiger partial charge in [0.25, 0.3) is 17.5 Å². The molecule has 0 aromatic heterocycles. The maximum absolute atomic E-state index is 12.0. The number of nitro benzene ring substituents is 1. The van der Waals surface area contributed by atoms with Crippen LogP contribution in [-0.2, 0) is 14.3 Å². The Hall–Kier alpha value is -3.66. The number of hydrogen-bond acceptors (Lipinski definition) is 7. The van der Waals surface area contributed by atoms with Gasteiger partial charge in [-0.3, -0.25) is 24.5 Å². The number of rotatable bonds is 8. The molecule has 0 fully saturated rings. The third kappa shape index (κ3) is 6.47. The Morgan fingerprint density at radius 3 is 2.62 bits per heavy atom. The first-order valence-corrected chi connectivity index (χ1v) is 8.49. The monoisotopic (exact) mass is 421 g/mol. The molecule has 0 saturated heterocycles. The number of ether oxygens (including phenoxy) is 2. The van der Waals surface area contributed by atoms with Crippen LogP contribution >= 0.6 is 11.6 Å². The maximum atomic E-state index is 12.0. The van der Waals surface area contributed by atoms with Crippen LogP contribution < -0.4 is 15.4 Å². The van der Waals surface area contributed by atoms with E-state index in [-0.39, 0.29) is 16.4 Å². The van der Waals surface area contributed by atoms with Gasteiger partial charge in [-0.25, -0.2) is 0 Å². The summed E-state index contributed by atoms with van der Waals surface area (Å²) in [6.07, 6.45) is 0. The molecule has 152 valence electrons. The molecule has 0 aliphatic heterocycles. The Labute approximate surface area is 169 Å². The summed E-state index contributed by atoms with van der Waals surface area (Å²) in [5.74, 6) is -1.58. The topological polar surface area (TPSA) is 137 Å². The minimum absolute atomic E-state index is 0.0776. The first-order valence-electron chi connectivity index (χ1n) is 8.12. The third-order valence-electron chi connectivity index (χ3n) is 3.52. The van der Waals surface area contributed by atoms with Crippen LogP contribution in [0.2, 0.25) is 5.02 Å². The van der Waals surface area contributed by atoms with Crippen molar-refractivity contribution in [3.8, 4) is 5.75 Å². The van der Waals surface area contributed by atoms with Crippen LogP contribution in [0.25, 0.3) is 0 Å². The summed E-state index contributed by atoms with van der Waals surface area (Å²) >= 11 is 5.69. The molecule has 0 spiro atoms. The molecule has 0 aliphatic rings. The number of hydrogen-bond donors (Lipinski definition) is 2. The van der Waals surface area contributed by atoms with Crippen molar-refractivity contribution in [2.45, 2.75) is 0 Å². The first-order chi connectivity index (χ1) is 13.8. The summed E-state index contributed by atoms with van der Waals surface area (Å²) in [7, 11) is 1.46. The molecular formula is C18H16ClN3O7. The van der Waals surface area contributed by atoms with E-state index in [1.165, 1.54) is 25.3 Å². The van der Waals surface area contributed by atoms with E-state index in [2.05, 4.69) is 10.6 Å². The molecule has 29 heavy (non-hydrogen) atoms. The standard InChI is InChI=1S/C18H16ClN3O7/c1-28-13-4-2-3-11(7-13)18(25)20-9-17(24)29-10-16(23)21-12-5-6-14(19)15(8-12)22(26)27/h2-8H,9-10H2,1H3,(H,20,25)(H,21,23). The lowest BCUT2D eigenvalue weighted by Crippen LogP contribution is -2.32. The number of carbonyl (C=O) groups excluding carboxylic acids is 3. The number of methoxy groups -OCH3 is 1. The summed E-state index contributed by atoms with van der Waals surface area (Å²) in [6, 6.07) is 10.0. The molecular weight excluding hydrogens is 406 g/mol. The molecule has 2 aromatic rings. The van der Waals surface area contributed by atoms with E-state index in [9.17, 15) is 24.5 Å². The fourth-order valence-electron chi connectivity index (χ4n) is 2.14. The van der Waals surface area contributed by atoms with E-state index >= 15 is 0 Å². The fraction of sp³-hybridized carbons (Fsp3) is 0.167. The predicted octanol–water partition coefficient (Wildman–Crippen LogP) is 2.17. The molecule has 0 atom stereocenters. The van der Waals surface area contributed by atoms with E-state index in [0.29, 0.717) is 11.3 Å². The van der Waals surface area contributed by atoms with Gasteiger partial charge in [0, 0.05) is 17.3 Å². The van der Waals surface area contributed by atoms with Crippen LogP contribution in [0.4, 0.5) is 11.4 Å². The number of amides is 2. The number of anilines is 1. The van der Waals surface area contributed by atoms with Gasteiger partial charge in [0.2, 0.25) is 0 Å². The lowest BCUT2D eigenvalue weighted by Gasteiger charge is -2.08. The number of nitrogens with zero attached hydrogens (tertiary/aromatic N) is 1. The van der Waals surface area contributed by atoms with Crippen LogP contribution in [0, 0.1) is 10.1 Å². The smallest absolute Gasteiger partial charge is 0.325 e. The van der Waals surface area contributed by atoms with Crippen LogP contribution in [-0.4, -0.2) is 43.0 Å². The average molecular weight is 422 g/mol. The van der Waals surface area contributed by atoms with Gasteiger partial charge in [0.1, 0.15) is 17.3 Å². The summed E-state index contributed by atoms with van der Waals surface area (Å²) < 4.78 is 9.77. The molecule has 2 aromatic carbocycles. The second-order valence-electron chi connectivity index (χ2n) is 5.55. The predicted molar refractivity (Wildman–Crippen MR) is 103 cm³/mol. The summed E-state index contributed by atoms with van der Waals surface area (Å²) in [4.78, 5) is 45.7. The average Bonchev–Trinajstić information content (AvgIpc) is 2.71. The number of carbonyl (C=O) groups is 3. The highest BCUT2D eigenvalue weighted by Gasteiger charge is 2.15. The molecule has 2 rings (SSSR count). The highest BCUT2D eigenvalue weighted by atomic mass is 35.5. The molecule has 0 bridgehead atoms. The highest BCUT2D eigenvalue weighted by Crippen LogP contribution is 2.27. The Bertz CT molecular complexity index is 949. The normalized spacial score (nSPS) is 10.0. The van der Waals surface area contributed by atoms with Gasteiger partial charge in [-0.05, 0) is 30.3 Å². The Morgan fingerprint density at radius 2 is 1.93 bits per heavy atom. The van der Waals surface area contributed by atoms with Crippen LogP contribution in [0.1, 0.15) is 10.4 Å². The Morgan fingerprint density at radius 1 is 1.17 bits per heavy atom. The molecule has 0 heterocycles. The third-order valence-corrected chi connectivity index (χ3v) is 3.84. The van der Waals surface area contributed by atoms with E-state index in [1.807, 2.05) is 0 Å². The SMILES string of the molecule is COc1cccc(C(=O)NCC(=O)OCC(=O)Nc2ccc(Cl)c([N+](=O)[O-])c2)c1. The number of nitro groups is 1. The van der Waals surface area contributed by atoms with Crippen molar-refractivity contribution in [2.75, 3.05) is 25.6 Å². The van der Waals surface area contributed by atoms with Gasteiger partial charge in [-0.15, -0.1) is 0 Å². The van der Waals surface area contributed by atoms with Gasteiger partial charge >= 0.3 is 5.97 Å². The molecule has 2 N–H and O–H groups in total. The minimum Gasteiger partial charge on any atom is -0.497 e. The van der Waals surface area contributed by atoms with Gasteiger partial charge in [-0.1, -0.05) is 17.7 Å². The Kier molecular flexibility index (Phi) is 7.49. The van der Waals surface area contributed by atoms with Crippen molar-refractivity contribution in [3.05, 3.63) is 63.2 Å². The zero-order valence-electron chi connectivity index (χ0n) is 15.1. The van der Waals surface area contributed by atoms with Gasteiger partial charge in [0.15, 0.2) is 6.61 Å². The largest absolute Gasteiger partial charge is 0.497 e. The number of esters is 1. The Balaban J connectivity index is 1.80. The number of benzene rings is 2. The zero-order chi connectivity index (χ0) is 21.4. The molecule has 11 heteroatoms. The van der Waals surface area contributed by atoms with E-state index in [4.69, 9.17) is 21.1 Å². The number of halogens is 1. The van der Waals surface area contributed by atoms with Gasteiger partial charge in [-0.2, -0.15) is 0 Å². The lowest BCUT2D eigenvalue weighted by molar-refractivity contribution is -0.384. The van der Waals surface area contributed by atoms with E-state index in [1.54, 1.807) is 18.2 Å². The second-order valence-corrected chi connectivity index (χ2v) is 5.95. The van der Waals surface area contributed by atoms with Crippen molar-refractivity contribution in [2.24, 2.45) is 0 Å². The zero-order valence-corrected chi connectivity index (χ0v) is 15.9. The highest BCUT2D eigenvalue weighted by molar-refractivity contribution is 6.32. The van der Waals surface area contributed by atoms with Crippen LogP contribution in [0.15, 0.2) is 42.5 Å². The van der Waals surface area contributed by atoms with Crippen molar-refractivity contribution in [1.29, 1.82) is 0 Å². The van der Waals surface area contributed by atoms with E-state index in [0.717, 1.165) is 6.07 Å². The maximum Gasteiger partial charge on any atom is 0.325 e. The summed E-state index contributed by atoms with van der Waals surface area (Å²) in [5, 5.41) is 15.5. The molecule has 0 unspecified atom stereocenters. The molecule has 0 aliphatic carbocycles. The molecule has 10 nitrogen and oxygen atoms in total.